The molecule has 1 aromatic heterocycles. The second kappa shape index (κ2) is 5.37. The molecule has 1 rings (SSSR count). The molecule has 1 unspecified atom stereocenters. The Morgan fingerprint density at radius 1 is 1.62 bits per heavy atom. The number of nitrogens with one attached hydrogen (secondary N) is 1. The second-order valence-electron chi connectivity index (χ2n) is 3.28. The van der Waals surface area contributed by atoms with Crippen LogP contribution in [0.1, 0.15) is 17.8 Å². The van der Waals surface area contributed by atoms with Gasteiger partial charge in [0.1, 0.15) is 0 Å². The lowest BCUT2D eigenvalue weighted by molar-refractivity contribution is 0.267. The van der Waals surface area contributed by atoms with Crippen LogP contribution in [0.25, 0.3) is 0 Å². The molecule has 0 aliphatic heterocycles. The summed E-state index contributed by atoms with van der Waals surface area (Å²) in [6.07, 6.45) is 0. The SMILES string of the molecule is CNCCN(C)C(C)c1cccs1. The Balaban J connectivity index is 2.43. The van der Waals surface area contributed by atoms with Gasteiger partial charge in [-0.2, -0.15) is 0 Å². The molecule has 0 fully saturated rings. The van der Waals surface area contributed by atoms with Gasteiger partial charge in [0.15, 0.2) is 0 Å². The molecule has 0 aromatic carbocycles. The lowest BCUT2D eigenvalue weighted by Crippen LogP contribution is -2.29. The predicted octanol–water partition coefficient (Wildman–Crippen LogP) is 1.96. The molecule has 1 aromatic rings. The van der Waals surface area contributed by atoms with Gasteiger partial charge >= 0.3 is 0 Å². The average Bonchev–Trinajstić information content (AvgIpc) is 2.65. The Hall–Kier alpha value is -0.380. The Morgan fingerprint density at radius 2 is 2.38 bits per heavy atom. The molecule has 3 heteroatoms. The van der Waals surface area contributed by atoms with Crippen molar-refractivity contribution in [1.82, 2.24) is 10.2 Å². The highest BCUT2D eigenvalue weighted by atomic mass is 32.1. The number of hydrogen-bond donors (Lipinski definition) is 1. The van der Waals surface area contributed by atoms with Crippen LogP contribution < -0.4 is 5.32 Å². The van der Waals surface area contributed by atoms with Gasteiger partial charge in [-0.25, -0.2) is 0 Å². The Labute approximate surface area is 84.6 Å². The third-order valence-electron chi connectivity index (χ3n) is 2.33. The second-order valence-corrected chi connectivity index (χ2v) is 4.25. The van der Waals surface area contributed by atoms with Gasteiger partial charge in [0.25, 0.3) is 0 Å². The minimum absolute atomic E-state index is 0.536. The van der Waals surface area contributed by atoms with Gasteiger partial charge in [-0.05, 0) is 32.5 Å². The molecule has 0 saturated heterocycles. The lowest BCUT2D eigenvalue weighted by atomic mass is 10.2. The summed E-state index contributed by atoms with van der Waals surface area (Å²) in [5.74, 6) is 0. The molecule has 2 nitrogen and oxygen atoms in total. The zero-order chi connectivity index (χ0) is 9.68. The van der Waals surface area contributed by atoms with Gasteiger partial charge in [-0.1, -0.05) is 6.07 Å². The maximum atomic E-state index is 3.16. The molecular formula is C10H18N2S. The zero-order valence-electron chi connectivity index (χ0n) is 8.58. The third-order valence-corrected chi connectivity index (χ3v) is 3.37. The van der Waals surface area contributed by atoms with E-state index >= 15 is 0 Å². The van der Waals surface area contributed by atoms with Crippen molar-refractivity contribution in [3.05, 3.63) is 22.4 Å². The van der Waals surface area contributed by atoms with Crippen LogP contribution in [0.3, 0.4) is 0 Å². The van der Waals surface area contributed by atoms with E-state index in [2.05, 4.69) is 41.7 Å². The summed E-state index contributed by atoms with van der Waals surface area (Å²) in [5, 5.41) is 5.30. The molecule has 0 amide bonds. The fourth-order valence-electron chi connectivity index (χ4n) is 1.23. The van der Waals surface area contributed by atoms with Gasteiger partial charge in [0, 0.05) is 24.0 Å². The monoisotopic (exact) mass is 198 g/mol. The van der Waals surface area contributed by atoms with Crippen molar-refractivity contribution in [2.45, 2.75) is 13.0 Å². The summed E-state index contributed by atoms with van der Waals surface area (Å²) in [4.78, 5) is 3.81. The van der Waals surface area contributed by atoms with Crippen molar-refractivity contribution in [2.75, 3.05) is 27.2 Å². The summed E-state index contributed by atoms with van der Waals surface area (Å²) in [6.45, 7) is 4.39. The maximum absolute atomic E-state index is 3.16. The van der Waals surface area contributed by atoms with E-state index in [1.807, 2.05) is 18.4 Å². The van der Waals surface area contributed by atoms with E-state index < -0.39 is 0 Å². The van der Waals surface area contributed by atoms with Crippen molar-refractivity contribution in [1.29, 1.82) is 0 Å². The van der Waals surface area contributed by atoms with E-state index in [1.165, 1.54) is 4.88 Å². The smallest absolute Gasteiger partial charge is 0.0410 e. The van der Waals surface area contributed by atoms with Crippen molar-refractivity contribution in [3.63, 3.8) is 0 Å². The van der Waals surface area contributed by atoms with Crippen LogP contribution in [0.5, 0.6) is 0 Å². The largest absolute Gasteiger partial charge is 0.318 e. The highest BCUT2D eigenvalue weighted by Gasteiger charge is 2.10. The van der Waals surface area contributed by atoms with E-state index in [-0.39, 0.29) is 0 Å². The molecular weight excluding hydrogens is 180 g/mol. The molecule has 1 heterocycles. The van der Waals surface area contributed by atoms with Gasteiger partial charge in [0.05, 0.1) is 0 Å². The third kappa shape index (κ3) is 3.10. The Morgan fingerprint density at radius 3 is 2.92 bits per heavy atom. The van der Waals surface area contributed by atoms with E-state index in [1.54, 1.807) is 0 Å². The fourth-order valence-corrected chi connectivity index (χ4v) is 2.08. The highest BCUT2D eigenvalue weighted by Crippen LogP contribution is 2.22. The summed E-state index contributed by atoms with van der Waals surface area (Å²) < 4.78 is 0. The summed E-state index contributed by atoms with van der Waals surface area (Å²) >= 11 is 1.83. The first-order chi connectivity index (χ1) is 6.25. The van der Waals surface area contributed by atoms with Crippen LogP contribution in [0.15, 0.2) is 17.5 Å². The van der Waals surface area contributed by atoms with E-state index in [9.17, 15) is 0 Å². The number of rotatable bonds is 5. The zero-order valence-corrected chi connectivity index (χ0v) is 9.40. The molecule has 74 valence electrons. The van der Waals surface area contributed by atoms with E-state index in [4.69, 9.17) is 0 Å². The minimum Gasteiger partial charge on any atom is -0.318 e. The Kier molecular flexibility index (Phi) is 4.42. The summed E-state index contributed by atoms with van der Waals surface area (Å²) in [5.41, 5.74) is 0. The standard InChI is InChI=1S/C10H18N2S/c1-9(10-5-4-8-13-10)12(3)7-6-11-2/h4-5,8-9,11H,6-7H2,1-3H3. The average molecular weight is 198 g/mol. The molecule has 0 bridgehead atoms. The van der Waals surface area contributed by atoms with E-state index in [0.29, 0.717) is 6.04 Å². The van der Waals surface area contributed by atoms with E-state index in [0.717, 1.165) is 13.1 Å². The van der Waals surface area contributed by atoms with Crippen LogP contribution in [-0.4, -0.2) is 32.1 Å². The lowest BCUT2D eigenvalue weighted by Gasteiger charge is -2.23. The molecule has 0 spiro atoms. The summed E-state index contributed by atoms with van der Waals surface area (Å²) in [6, 6.07) is 4.85. The van der Waals surface area contributed by atoms with Crippen LogP contribution in [-0.2, 0) is 0 Å². The maximum Gasteiger partial charge on any atom is 0.0410 e. The Bertz CT molecular complexity index is 221. The minimum atomic E-state index is 0.536. The van der Waals surface area contributed by atoms with Crippen LogP contribution in [0.4, 0.5) is 0 Å². The number of thiophene rings is 1. The highest BCUT2D eigenvalue weighted by molar-refractivity contribution is 7.10. The normalized spacial score (nSPS) is 13.5. The number of hydrogen-bond acceptors (Lipinski definition) is 3. The fraction of sp³-hybridized carbons (Fsp3) is 0.600. The molecule has 1 atom stereocenters. The predicted molar refractivity (Wildman–Crippen MR) is 59.3 cm³/mol. The quantitative estimate of drug-likeness (QED) is 0.778. The van der Waals surface area contributed by atoms with Crippen molar-refractivity contribution in [3.8, 4) is 0 Å². The molecule has 13 heavy (non-hydrogen) atoms. The van der Waals surface area contributed by atoms with Gasteiger partial charge in [-0.15, -0.1) is 11.3 Å². The van der Waals surface area contributed by atoms with Crippen LogP contribution in [0, 0.1) is 0 Å². The van der Waals surface area contributed by atoms with Crippen molar-refractivity contribution < 1.29 is 0 Å². The first kappa shape index (κ1) is 10.7. The first-order valence-electron chi connectivity index (χ1n) is 4.64. The van der Waals surface area contributed by atoms with Crippen LogP contribution in [0.2, 0.25) is 0 Å². The van der Waals surface area contributed by atoms with Crippen molar-refractivity contribution >= 4 is 11.3 Å². The van der Waals surface area contributed by atoms with Crippen LogP contribution >= 0.6 is 11.3 Å². The molecule has 0 aliphatic rings. The topological polar surface area (TPSA) is 15.3 Å². The summed E-state index contributed by atoms with van der Waals surface area (Å²) in [7, 11) is 4.16. The van der Waals surface area contributed by atoms with Crippen molar-refractivity contribution in [2.24, 2.45) is 0 Å². The van der Waals surface area contributed by atoms with Gasteiger partial charge in [-0.3, -0.25) is 4.90 Å². The van der Waals surface area contributed by atoms with Gasteiger partial charge in [0.2, 0.25) is 0 Å². The first-order valence-corrected chi connectivity index (χ1v) is 5.52. The molecule has 0 radical (unpaired) electrons. The molecule has 0 saturated carbocycles. The number of nitrogens with zero attached hydrogens (tertiary/aromatic N) is 1. The molecule has 1 N–H and O–H groups in total. The number of likely N-dealkylation sites (N-methyl/N-ethyl adjacent to an activating group) is 2. The molecule has 0 aliphatic carbocycles. The van der Waals surface area contributed by atoms with Gasteiger partial charge < -0.3 is 5.32 Å².